The molecule has 8 nitrogen and oxygen atoms in total. The second kappa shape index (κ2) is 9.54. The second-order valence-electron chi connectivity index (χ2n) is 6.96. The Hall–Kier alpha value is -3.50. The highest BCUT2D eigenvalue weighted by atomic mass is 19.4. The maximum atomic E-state index is 12.9. The Balaban J connectivity index is 1.69. The van der Waals surface area contributed by atoms with E-state index in [1.165, 1.54) is 12.3 Å². The molecule has 0 aromatic carbocycles. The summed E-state index contributed by atoms with van der Waals surface area (Å²) >= 11 is 0. The minimum atomic E-state index is -4.47. The summed E-state index contributed by atoms with van der Waals surface area (Å²) in [6, 6.07) is 5.11. The monoisotopic (exact) mass is 434 g/mol. The molecule has 2 atom stereocenters. The summed E-state index contributed by atoms with van der Waals surface area (Å²) in [7, 11) is 0. The molecule has 31 heavy (non-hydrogen) atoms. The van der Waals surface area contributed by atoms with Crippen LogP contribution in [0, 0.1) is 12.3 Å². The lowest BCUT2D eigenvalue weighted by molar-refractivity contribution is -0.137. The number of aromatic nitrogens is 2. The van der Waals surface area contributed by atoms with Crippen LogP contribution in [0.3, 0.4) is 0 Å². The molecular formula is C20H21F3N6O2. The largest absolute Gasteiger partial charge is 0.472 e. The minimum Gasteiger partial charge on any atom is -0.472 e. The van der Waals surface area contributed by atoms with E-state index in [1.807, 2.05) is 0 Å². The standard InChI is InChI=1S/C20H21F3N6O2/c1-12-5-7-15(29-26-10-9-24)18(27-12)19(30)28-14-3-2-4-16(14)31-17-8-6-13(11-25-17)20(21,22)23/h5-11,14,16,24,29H,2-4H2,1H3,(H,28,30)/b24-9?,26-10-. The van der Waals surface area contributed by atoms with Crippen LogP contribution in [0.25, 0.3) is 0 Å². The van der Waals surface area contributed by atoms with E-state index in [9.17, 15) is 18.0 Å². The summed E-state index contributed by atoms with van der Waals surface area (Å²) < 4.78 is 43.8. The molecule has 0 spiro atoms. The molecule has 1 aliphatic rings. The van der Waals surface area contributed by atoms with Crippen LogP contribution in [-0.4, -0.2) is 40.5 Å². The normalized spacial score (nSPS) is 18.7. The Kier molecular flexibility index (Phi) is 6.83. The Morgan fingerprint density at radius 3 is 2.77 bits per heavy atom. The van der Waals surface area contributed by atoms with Crippen LogP contribution < -0.4 is 15.5 Å². The molecule has 0 saturated heterocycles. The van der Waals surface area contributed by atoms with Crippen molar-refractivity contribution in [3.05, 3.63) is 47.4 Å². The topological polar surface area (TPSA) is 112 Å². The number of rotatable bonds is 7. The van der Waals surface area contributed by atoms with Crippen LogP contribution in [0.2, 0.25) is 0 Å². The first-order chi connectivity index (χ1) is 14.8. The molecule has 2 aromatic heterocycles. The predicted octanol–water partition coefficient (Wildman–Crippen LogP) is 3.58. The molecule has 3 N–H and O–H groups in total. The number of hydrazone groups is 1. The molecule has 0 radical (unpaired) electrons. The van der Waals surface area contributed by atoms with Crippen LogP contribution in [0.15, 0.2) is 35.6 Å². The van der Waals surface area contributed by atoms with Crippen molar-refractivity contribution in [2.24, 2.45) is 5.10 Å². The third kappa shape index (κ3) is 5.77. The average Bonchev–Trinajstić information content (AvgIpc) is 3.15. The maximum Gasteiger partial charge on any atom is 0.417 e. The smallest absolute Gasteiger partial charge is 0.417 e. The fourth-order valence-corrected chi connectivity index (χ4v) is 3.21. The first kappa shape index (κ1) is 22.2. The van der Waals surface area contributed by atoms with Crippen LogP contribution in [0.5, 0.6) is 5.88 Å². The van der Waals surface area contributed by atoms with Gasteiger partial charge in [-0.3, -0.25) is 10.2 Å². The lowest BCUT2D eigenvalue weighted by Crippen LogP contribution is -2.43. The van der Waals surface area contributed by atoms with Gasteiger partial charge in [0.1, 0.15) is 6.10 Å². The SMILES string of the molecule is Cc1ccc(N/N=C\C=N)c(C(=O)NC2CCCC2Oc2ccc(C(F)(F)F)cn2)n1. The molecule has 2 aromatic rings. The number of hydrogen-bond donors (Lipinski definition) is 3. The molecule has 1 fully saturated rings. The number of carbonyl (C=O) groups excluding carboxylic acids is 1. The van der Waals surface area contributed by atoms with Crippen LogP contribution >= 0.6 is 0 Å². The van der Waals surface area contributed by atoms with Crippen LogP contribution in [0.4, 0.5) is 18.9 Å². The van der Waals surface area contributed by atoms with Gasteiger partial charge in [0.2, 0.25) is 5.88 Å². The number of nitrogens with one attached hydrogen (secondary N) is 3. The molecule has 11 heteroatoms. The lowest BCUT2D eigenvalue weighted by Gasteiger charge is -2.22. The molecule has 164 valence electrons. The molecule has 1 aliphatic carbocycles. The highest BCUT2D eigenvalue weighted by Crippen LogP contribution is 2.30. The first-order valence-electron chi connectivity index (χ1n) is 9.54. The Bertz CT molecular complexity index is 962. The van der Waals surface area contributed by atoms with Crippen molar-refractivity contribution in [3.63, 3.8) is 0 Å². The number of anilines is 1. The number of alkyl halides is 3. The summed E-state index contributed by atoms with van der Waals surface area (Å²) in [6.07, 6.45) is 0.105. The summed E-state index contributed by atoms with van der Waals surface area (Å²) in [5, 5.41) is 13.7. The number of hydrogen-bond acceptors (Lipinski definition) is 7. The summed E-state index contributed by atoms with van der Waals surface area (Å²) in [5.74, 6) is -0.367. The summed E-state index contributed by atoms with van der Waals surface area (Å²) in [6.45, 7) is 1.75. The number of carbonyl (C=O) groups is 1. The molecule has 3 rings (SSSR count). The maximum absolute atomic E-state index is 12.9. The Labute approximate surface area is 176 Å². The molecule has 0 bridgehead atoms. The highest BCUT2D eigenvalue weighted by Gasteiger charge is 2.33. The van der Waals surface area contributed by atoms with Crippen LogP contribution in [0.1, 0.15) is 41.0 Å². The van der Waals surface area contributed by atoms with Gasteiger partial charge in [-0.05, 0) is 44.4 Å². The van der Waals surface area contributed by atoms with E-state index < -0.39 is 23.8 Å². The van der Waals surface area contributed by atoms with Gasteiger partial charge in [-0.25, -0.2) is 9.97 Å². The molecule has 2 heterocycles. The zero-order valence-electron chi connectivity index (χ0n) is 16.6. The van der Waals surface area contributed by atoms with E-state index in [2.05, 4.69) is 25.8 Å². The van der Waals surface area contributed by atoms with Gasteiger partial charge in [0, 0.05) is 24.2 Å². The van der Waals surface area contributed by atoms with Crippen LogP contribution in [-0.2, 0) is 6.18 Å². The van der Waals surface area contributed by atoms with Crippen molar-refractivity contribution >= 4 is 24.0 Å². The van der Waals surface area contributed by atoms with Gasteiger partial charge >= 0.3 is 6.18 Å². The van der Waals surface area contributed by atoms with Crippen molar-refractivity contribution in [3.8, 4) is 5.88 Å². The highest BCUT2D eigenvalue weighted by molar-refractivity contribution is 6.14. The van der Waals surface area contributed by atoms with Crippen molar-refractivity contribution < 1.29 is 22.7 Å². The van der Waals surface area contributed by atoms with E-state index in [-0.39, 0.29) is 17.6 Å². The number of ether oxygens (including phenoxy) is 1. The van der Waals surface area contributed by atoms with Gasteiger partial charge in [-0.15, -0.1) is 0 Å². The average molecular weight is 434 g/mol. The molecular weight excluding hydrogens is 413 g/mol. The zero-order chi connectivity index (χ0) is 22.4. The fourth-order valence-electron chi connectivity index (χ4n) is 3.21. The minimum absolute atomic E-state index is 0.0659. The second-order valence-corrected chi connectivity index (χ2v) is 6.96. The number of aryl methyl sites for hydroxylation is 1. The van der Waals surface area contributed by atoms with Gasteiger partial charge in [0.05, 0.1) is 23.5 Å². The number of halogens is 3. The third-order valence-electron chi connectivity index (χ3n) is 4.69. The van der Waals surface area contributed by atoms with E-state index in [0.29, 0.717) is 24.2 Å². The first-order valence-corrected chi connectivity index (χ1v) is 9.54. The molecule has 1 saturated carbocycles. The van der Waals surface area contributed by atoms with Crippen molar-refractivity contribution in [2.45, 2.75) is 44.5 Å². The van der Waals surface area contributed by atoms with Crippen molar-refractivity contribution in [2.75, 3.05) is 5.43 Å². The molecule has 2 unspecified atom stereocenters. The summed E-state index contributed by atoms with van der Waals surface area (Å²) in [4.78, 5) is 20.9. The summed E-state index contributed by atoms with van der Waals surface area (Å²) in [5.41, 5.74) is 2.98. The number of pyridine rings is 2. The van der Waals surface area contributed by atoms with Gasteiger partial charge in [0.15, 0.2) is 5.69 Å². The fraction of sp³-hybridized carbons (Fsp3) is 0.350. The van der Waals surface area contributed by atoms with Gasteiger partial charge in [-0.1, -0.05) is 0 Å². The van der Waals surface area contributed by atoms with E-state index in [4.69, 9.17) is 10.1 Å². The van der Waals surface area contributed by atoms with Gasteiger partial charge in [0.25, 0.3) is 5.91 Å². The molecule has 0 aliphatic heterocycles. The third-order valence-corrected chi connectivity index (χ3v) is 4.69. The zero-order valence-corrected chi connectivity index (χ0v) is 16.6. The van der Waals surface area contributed by atoms with Gasteiger partial charge < -0.3 is 15.5 Å². The Morgan fingerprint density at radius 2 is 2.10 bits per heavy atom. The lowest BCUT2D eigenvalue weighted by atomic mass is 10.2. The van der Waals surface area contributed by atoms with E-state index in [0.717, 1.165) is 24.9 Å². The van der Waals surface area contributed by atoms with Crippen molar-refractivity contribution in [1.29, 1.82) is 5.41 Å². The quantitative estimate of drug-likeness (QED) is 0.456. The number of nitrogens with zero attached hydrogens (tertiary/aromatic N) is 3. The van der Waals surface area contributed by atoms with E-state index >= 15 is 0 Å². The van der Waals surface area contributed by atoms with Gasteiger partial charge in [-0.2, -0.15) is 18.3 Å². The molecule has 1 amide bonds. The number of amides is 1. The van der Waals surface area contributed by atoms with E-state index in [1.54, 1.807) is 19.1 Å². The van der Waals surface area contributed by atoms with Crippen molar-refractivity contribution in [1.82, 2.24) is 15.3 Å². The predicted molar refractivity (Wildman–Crippen MR) is 109 cm³/mol. The Morgan fingerprint density at radius 1 is 1.29 bits per heavy atom.